The average Bonchev–Trinajstić information content (AvgIpc) is 2.70. The van der Waals surface area contributed by atoms with Crippen LogP contribution in [-0.4, -0.2) is 26.1 Å². The minimum absolute atomic E-state index is 0.165. The van der Waals surface area contributed by atoms with Crippen LogP contribution in [0.15, 0.2) is 91.0 Å². The van der Waals surface area contributed by atoms with Crippen molar-refractivity contribution in [3.63, 3.8) is 0 Å². The predicted molar refractivity (Wildman–Crippen MR) is 107 cm³/mol. The second-order valence-corrected chi connectivity index (χ2v) is 9.46. The molecule has 0 aliphatic heterocycles. The summed E-state index contributed by atoms with van der Waals surface area (Å²) in [6.07, 6.45) is 0.866. The first-order chi connectivity index (χ1) is 12.4. The smallest absolute Gasteiger partial charge is 0.114 e. The van der Waals surface area contributed by atoms with Gasteiger partial charge in [-0.05, 0) is 36.4 Å². The van der Waals surface area contributed by atoms with Gasteiger partial charge in [-0.25, -0.2) is 4.39 Å². The van der Waals surface area contributed by atoms with Crippen LogP contribution in [0.4, 0.5) is 4.39 Å². The highest BCUT2D eigenvalue weighted by atomic mass is 31.2. The minimum atomic E-state index is -1.84. The molecular weight excluding hydrogens is 329 g/mol. The largest absolute Gasteiger partial charge is 0.375 e. The van der Waals surface area contributed by atoms with Gasteiger partial charge in [0.2, 0.25) is 0 Å². The van der Waals surface area contributed by atoms with E-state index >= 15 is 0 Å². The lowest BCUT2D eigenvalue weighted by Gasteiger charge is -2.27. The molecule has 3 heteroatoms. The number of benzene rings is 3. The van der Waals surface area contributed by atoms with Crippen LogP contribution in [-0.2, 0) is 4.74 Å². The quantitative estimate of drug-likeness (QED) is 0.440. The zero-order valence-corrected chi connectivity index (χ0v) is 15.1. The van der Waals surface area contributed by atoms with Gasteiger partial charge in [0.15, 0.2) is 0 Å². The third-order valence-corrected chi connectivity index (χ3v) is 8.78. The van der Waals surface area contributed by atoms with E-state index in [1.807, 2.05) is 18.2 Å². The summed E-state index contributed by atoms with van der Waals surface area (Å²) in [6, 6.07) is 32.0. The number of alkyl halides is 1. The lowest BCUT2D eigenvalue weighted by molar-refractivity contribution is 0.132. The van der Waals surface area contributed by atoms with Crippen molar-refractivity contribution in [3.8, 4) is 0 Å². The topological polar surface area (TPSA) is 9.23 Å². The van der Waals surface area contributed by atoms with Crippen LogP contribution in [0.3, 0.4) is 0 Å². The Kier molecular flexibility index (Phi) is 6.33. The highest BCUT2D eigenvalue weighted by molar-refractivity contribution is 7.95. The molecule has 0 saturated heterocycles. The van der Waals surface area contributed by atoms with Crippen LogP contribution < -0.4 is 15.9 Å². The maximum absolute atomic E-state index is 12.5. The summed E-state index contributed by atoms with van der Waals surface area (Å²) >= 11 is 0. The third-order valence-electron chi connectivity index (χ3n) is 4.38. The van der Waals surface area contributed by atoms with Crippen LogP contribution in [0.1, 0.15) is 0 Å². The standard InChI is InChI=1S/C22H23FOP/c23-16-17-24-18-19-25(20-10-4-1-5-11-20,21-12-6-2-7-13-21)22-14-8-3-9-15-22/h1-15H,16-19H2/q+1/i23-1. The van der Waals surface area contributed by atoms with Crippen molar-refractivity contribution in [2.45, 2.75) is 0 Å². The zero-order chi connectivity index (χ0) is 17.4. The monoisotopic (exact) mass is 352 g/mol. The summed E-state index contributed by atoms with van der Waals surface area (Å²) in [5.41, 5.74) is 0. The molecule has 0 spiro atoms. The van der Waals surface area contributed by atoms with Crippen molar-refractivity contribution < 1.29 is 9.13 Å². The molecular formula is C22H23FOP+. The summed E-state index contributed by atoms with van der Waals surface area (Å²) in [6.45, 7) is 0.280. The fourth-order valence-electron chi connectivity index (χ4n) is 3.24. The second kappa shape index (κ2) is 8.89. The lowest BCUT2D eigenvalue weighted by Crippen LogP contribution is -2.34. The molecule has 0 radical (unpaired) electrons. The number of rotatable bonds is 8. The maximum Gasteiger partial charge on any atom is 0.114 e. The normalized spacial score (nSPS) is 11.4. The van der Waals surface area contributed by atoms with Crippen molar-refractivity contribution in [3.05, 3.63) is 91.0 Å². The third kappa shape index (κ3) is 3.98. The van der Waals surface area contributed by atoms with E-state index in [-0.39, 0.29) is 6.61 Å². The number of hydrogen-bond acceptors (Lipinski definition) is 1. The fraction of sp³-hybridized carbons (Fsp3) is 0.182. The van der Waals surface area contributed by atoms with Gasteiger partial charge >= 0.3 is 0 Å². The Hall–Kier alpha value is -2.02. The van der Waals surface area contributed by atoms with Crippen LogP contribution in [0, 0.1) is 0 Å². The summed E-state index contributed by atoms with van der Waals surface area (Å²) in [5.74, 6) is 0. The predicted octanol–water partition coefficient (Wildman–Crippen LogP) is 3.97. The van der Waals surface area contributed by atoms with E-state index in [4.69, 9.17) is 4.74 Å². The van der Waals surface area contributed by atoms with Crippen molar-refractivity contribution in [1.29, 1.82) is 0 Å². The van der Waals surface area contributed by atoms with Gasteiger partial charge in [0.1, 0.15) is 29.9 Å². The fourth-order valence-corrected chi connectivity index (χ4v) is 7.36. The van der Waals surface area contributed by atoms with E-state index in [1.54, 1.807) is 0 Å². The highest BCUT2D eigenvalue weighted by Gasteiger charge is 2.44. The van der Waals surface area contributed by atoms with E-state index in [0.717, 1.165) is 6.16 Å². The van der Waals surface area contributed by atoms with Gasteiger partial charge in [0.25, 0.3) is 0 Å². The molecule has 128 valence electrons. The molecule has 0 unspecified atom stereocenters. The van der Waals surface area contributed by atoms with Crippen molar-refractivity contribution in [1.82, 2.24) is 0 Å². The SMILES string of the molecule is [18F]CCOCC[P+](c1ccccc1)(c1ccccc1)c1ccccc1. The second-order valence-electron chi connectivity index (χ2n) is 5.84. The van der Waals surface area contributed by atoms with Crippen molar-refractivity contribution in [2.75, 3.05) is 26.1 Å². The molecule has 3 aromatic carbocycles. The molecule has 1 nitrogen and oxygen atoms in total. The molecule has 3 rings (SSSR count). The van der Waals surface area contributed by atoms with Gasteiger partial charge in [0.05, 0.1) is 19.4 Å². The maximum atomic E-state index is 12.5. The van der Waals surface area contributed by atoms with E-state index in [2.05, 4.69) is 72.8 Å². The highest BCUT2D eigenvalue weighted by Crippen LogP contribution is 2.54. The average molecular weight is 352 g/mol. The molecule has 25 heavy (non-hydrogen) atoms. The Balaban J connectivity index is 2.13. The van der Waals surface area contributed by atoms with E-state index in [9.17, 15) is 4.39 Å². The van der Waals surface area contributed by atoms with Crippen LogP contribution in [0.2, 0.25) is 0 Å². The van der Waals surface area contributed by atoms with Gasteiger partial charge in [0, 0.05) is 0 Å². The first-order valence-corrected chi connectivity index (χ1v) is 10.5. The molecule has 0 aliphatic rings. The molecule has 0 atom stereocenters. The Morgan fingerprint density at radius 2 is 1.00 bits per heavy atom. The molecule has 0 saturated carbocycles. The number of ether oxygens (including phenoxy) is 1. The molecule has 0 amide bonds. The number of halogens is 1. The molecule has 0 fully saturated rings. The van der Waals surface area contributed by atoms with Crippen LogP contribution in [0.5, 0.6) is 0 Å². The van der Waals surface area contributed by atoms with Gasteiger partial charge in [-0.3, -0.25) is 0 Å². The lowest BCUT2D eigenvalue weighted by atomic mass is 10.4. The summed E-state index contributed by atoms with van der Waals surface area (Å²) in [4.78, 5) is 0. The van der Waals surface area contributed by atoms with E-state index in [0.29, 0.717) is 6.61 Å². The summed E-state index contributed by atoms with van der Waals surface area (Å²) in [5, 5.41) is 3.99. The Morgan fingerprint density at radius 1 is 0.600 bits per heavy atom. The van der Waals surface area contributed by atoms with Gasteiger partial charge in [-0.15, -0.1) is 0 Å². The van der Waals surface area contributed by atoms with Crippen LogP contribution >= 0.6 is 7.26 Å². The molecule has 0 aromatic heterocycles. The Bertz CT molecular complexity index is 650. The molecule has 0 aliphatic carbocycles. The van der Waals surface area contributed by atoms with Crippen LogP contribution in [0.25, 0.3) is 0 Å². The van der Waals surface area contributed by atoms with E-state index in [1.165, 1.54) is 15.9 Å². The summed E-state index contributed by atoms with van der Waals surface area (Å²) < 4.78 is 18.0. The van der Waals surface area contributed by atoms with Crippen molar-refractivity contribution in [2.24, 2.45) is 0 Å². The zero-order valence-electron chi connectivity index (χ0n) is 14.2. The Morgan fingerprint density at radius 3 is 1.36 bits per heavy atom. The molecule has 0 heterocycles. The first-order valence-electron chi connectivity index (χ1n) is 8.56. The minimum Gasteiger partial charge on any atom is -0.375 e. The summed E-state index contributed by atoms with van der Waals surface area (Å²) in [7, 11) is -1.84. The Labute approximate surface area is 149 Å². The van der Waals surface area contributed by atoms with Crippen molar-refractivity contribution >= 4 is 23.2 Å². The molecule has 0 N–H and O–H groups in total. The number of hydrogen-bond donors (Lipinski definition) is 0. The molecule has 3 aromatic rings. The van der Waals surface area contributed by atoms with Gasteiger partial charge in [-0.2, -0.15) is 0 Å². The van der Waals surface area contributed by atoms with E-state index < -0.39 is 13.9 Å². The molecule has 0 bridgehead atoms. The van der Waals surface area contributed by atoms with Gasteiger partial charge in [-0.1, -0.05) is 54.6 Å². The van der Waals surface area contributed by atoms with Gasteiger partial charge < -0.3 is 4.74 Å². The first kappa shape index (κ1) is 17.8.